The molecule has 0 unspecified atom stereocenters. The van der Waals surface area contributed by atoms with Crippen molar-refractivity contribution in [2.75, 3.05) is 11.1 Å². The Labute approximate surface area is 178 Å². The number of carbonyl (C=O) groups excluding carboxylic acids is 1. The van der Waals surface area contributed by atoms with Crippen LogP contribution in [-0.4, -0.2) is 27.2 Å². The van der Waals surface area contributed by atoms with Gasteiger partial charge in [0, 0.05) is 17.0 Å². The van der Waals surface area contributed by atoms with Gasteiger partial charge in [-0.1, -0.05) is 43.8 Å². The van der Waals surface area contributed by atoms with Crippen molar-refractivity contribution in [1.82, 2.24) is 9.97 Å². The molecule has 6 nitrogen and oxygen atoms in total. The van der Waals surface area contributed by atoms with Gasteiger partial charge in [0.1, 0.15) is 10.6 Å². The van der Waals surface area contributed by atoms with E-state index in [1.165, 1.54) is 22.2 Å². The van der Waals surface area contributed by atoms with Crippen molar-refractivity contribution in [3.05, 3.63) is 40.8 Å². The number of carbonyl (C=O) groups is 1. The lowest BCUT2D eigenvalue weighted by molar-refractivity contribution is -0.115. The van der Waals surface area contributed by atoms with Gasteiger partial charge in [0.05, 0.1) is 23.3 Å². The molecule has 8 heteroatoms. The van der Waals surface area contributed by atoms with Crippen LogP contribution in [-0.2, 0) is 22.6 Å². The maximum atomic E-state index is 12.5. The number of ether oxygens (including phenoxy) is 1. The van der Waals surface area contributed by atoms with Crippen molar-refractivity contribution in [1.29, 1.82) is 0 Å². The summed E-state index contributed by atoms with van der Waals surface area (Å²) in [5.41, 5.74) is 8.31. The number of amides is 1. The number of nitrogens with two attached hydrogens (primary N) is 1. The van der Waals surface area contributed by atoms with Gasteiger partial charge >= 0.3 is 0 Å². The summed E-state index contributed by atoms with van der Waals surface area (Å²) in [5.74, 6) is 0.830. The number of nitrogen functional groups attached to an aromatic ring is 1. The SMILES string of the molecule is CC(C)[C@@H]1Cc2c(sc3nc(S[C@H](C)C(=O)Nc4ccccc4)nc(N)c23)CO1. The largest absolute Gasteiger partial charge is 0.383 e. The summed E-state index contributed by atoms with van der Waals surface area (Å²) in [7, 11) is 0. The summed E-state index contributed by atoms with van der Waals surface area (Å²) < 4.78 is 5.98. The molecular weight excluding hydrogens is 404 g/mol. The number of thioether (sulfide) groups is 1. The van der Waals surface area contributed by atoms with Crippen LogP contribution < -0.4 is 11.1 Å². The van der Waals surface area contributed by atoms with E-state index in [1.54, 1.807) is 11.3 Å². The minimum absolute atomic E-state index is 0.0953. The molecule has 1 amide bonds. The van der Waals surface area contributed by atoms with Crippen LogP contribution in [0.4, 0.5) is 11.5 Å². The molecule has 1 aliphatic heterocycles. The number of thiophene rings is 1. The third-order valence-corrected chi connectivity index (χ3v) is 7.07. The summed E-state index contributed by atoms with van der Waals surface area (Å²) in [4.78, 5) is 23.7. The second kappa shape index (κ2) is 8.30. The molecule has 0 aliphatic carbocycles. The van der Waals surface area contributed by atoms with Crippen molar-refractivity contribution in [2.45, 2.75) is 50.3 Å². The molecule has 3 N–H and O–H groups in total. The number of nitrogens with one attached hydrogen (secondary N) is 1. The third-order valence-electron chi connectivity index (χ3n) is 5.01. The van der Waals surface area contributed by atoms with E-state index in [2.05, 4.69) is 24.1 Å². The maximum Gasteiger partial charge on any atom is 0.237 e. The lowest BCUT2D eigenvalue weighted by Gasteiger charge is -2.26. The Morgan fingerprint density at radius 3 is 2.76 bits per heavy atom. The van der Waals surface area contributed by atoms with Gasteiger partial charge < -0.3 is 15.8 Å². The van der Waals surface area contributed by atoms with Gasteiger partial charge in [0.2, 0.25) is 5.91 Å². The Morgan fingerprint density at radius 2 is 2.03 bits per heavy atom. The standard InChI is InChI=1S/C21H24N4O2S2/c1-11(2)15-9-14-16(10-27-15)29-20-17(14)18(22)24-21(25-20)28-12(3)19(26)23-13-7-5-4-6-8-13/h4-8,11-12,15H,9-10H2,1-3H3,(H,23,26)(H2,22,24,25)/t12-,15+/m1/s1. The third kappa shape index (κ3) is 4.24. The van der Waals surface area contributed by atoms with Gasteiger partial charge in [-0.2, -0.15) is 0 Å². The highest BCUT2D eigenvalue weighted by Crippen LogP contribution is 2.39. The highest BCUT2D eigenvalue weighted by molar-refractivity contribution is 8.00. The van der Waals surface area contributed by atoms with Crippen LogP contribution in [0.15, 0.2) is 35.5 Å². The van der Waals surface area contributed by atoms with E-state index in [4.69, 9.17) is 15.5 Å². The first-order valence-corrected chi connectivity index (χ1v) is 11.3. The molecule has 0 radical (unpaired) electrons. The Bertz CT molecular complexity index is 1040. The Hall–Kier alpha value is -2.16. The van der Waals surface area contributed by atoms with Crippen molar-refractivity contribution in [3.63, 3.8) is 0 Å². The van der Waals surface area contributed by atoms with Crippen LogP contribution in [0.1, 0.15) is 31.2 Å². The zero-order valence-electron chi connectivity index (χ0n) is 16.6. The van der Waals surface area contributed by atoms with Crippen molar-refractivity contribution in [3.8, 4) is 0 Å². The van der Waals surface area contributed by atoms with Crippen LogP contribution in [0.3, 0.4) is 0 Å². The summed E-state index contributed by atoms with van der Waals surface area (Å²) in [5, 5.41) is 4.02. The molecule has 2 atom stereocenters. The van der Waals surface area contributed by atoms with Crippen LogP contribution in [0.2, 0.25) is 0 Å². The van der Waals surface area contributed by atoms with Crippen LogP contribution in [0.25, 0.3) is 10.2 Å². The highest BCUT2D eigenvalue weighted by Gasteiger charge is 2.28. The van der Waals surface area contributed by atoms with E-state index >= 15 is 0 Å². The molecule has 0 saturated heterocycles. The fraction of sp³-hybridized carbons (Fsp3) is 0.381. The number of aromatic nitrogens is 2. The molecule has 2 aromatic heterocycles. The van der Waals surface area contributed by atoms with E-state index in [9.17, 15) is 4.79 Å². The lowest BCUT2D eigenvalue weighted by Crippen LogP contribution is -2.26. The van der Waals surface area contributed by atoms with Crippen molar-refractivity contribution in [2.24, 2.45) is 5.92 Å². The number of benzene rings is 1. The van der Waals surface area contributed by atoms with Gasteiger partial charge in [0.25, 0.3) is 0 Å². The average Bonchev–Trinajstić information content (AvgIpc) is 3.06. The fourth-order valence-electron chi connectivity index (χ4n) is 3.34. The quantitative estimate of drug-likeness (QED) is 0.460. The molecule has 0 saturated carbocycles. The van der Waals surface area contributed by atoms with E-state index in [1.807, 2.05) is 37.3 Å². The zero-order chi connectivity index (χ0) is 20.5. The number of anilines is 2. The predicted molar refractivity (Wildman–Crippen MR) is 119 cm³/mol. The minimum Gasteiger partial charge on any atom is -0.383 e. The summed E-state index contributed by atoms with van der Waals surface area (Å²) in [6.45, 7) is 6.77. The second-order valence-corrected chi connectivity index (χ2v) is 9.88. The molecule has 152 valence electrons. The number of nitrogens with zero attached hydrogens (tertiary/aromatic N) is 2. The molecule has 3 aromatic rings. The summed E-state index contributed by atoms with van der Waals surface area (Å²) in [6.07, 6.45) is 1.03. The lowest BCUT2D eigenvalue weighted by atomic mass is 9.96. The Morgan fingerprint density at radius 1 is 1.28 bits per heavy atom. The number of hydrogen-bond acceptors (Lipinski definition) is 7. The zero-order valence-corrected chi connectivity index (χ0v) is 18.3. The monoisotopic (exact) mass is 428 g/mol. The summed E-state index contributed by atoms with van der Waals surface area (Å²) >= 11 is 2.92. The van der Waals surface area contributed by atoms with Gasteiger partial charge in [-0.3, -0.25) is 4.79 Å². The van der Waals surface area contributed by atoms with Gasteiger partial charge in [-0.15, -0.1) is 11.3 Å². The molecule has 4 rings (SSSR count). The van der Waals surface area contributed by atoms with Gasteiger partial charge in [0.15, 0.2) is 5.16 Å². The highest BCUT2D eigenvalue weighted by atomic mass is 32.2. The van der Waals surface area contributed by atoms with Crippen molar-refractivity contribution < 1.29 is 9.53 Å². The topological polar surface area (TPSA) is 90.1 Å². The first-order valence-electron chi connectivity index (χ1n) is 9.64. The van der Waals surface area contributed by atoms with Crippen molar-refractivity contribution >= 4 is 50.7 Å². The van der Waals surface area contributed by atoms with Gasteiger partial charge in [-0.05, 0) is 30.5 Å². The van der Waals surface area contributed by atoms with E-state index in [0.717, 1.165) is 22.3 Å². The molecule has 0 spiro atoms. The normalized spacial score (nSPS) is 17.3. The second-order valence-electron chi connectivity index (χ2n) is 7.49. The molecule has 29 heavy (non-hydrogen) atoms. The Kier molecular flexibility index (Phi) is 5.76. The minimum atomic E-state index is -0.352. The van der Waals surface area contributed by atoms with Crippen LogP contribution >= 0.6 is 23.1 Å². The molecule has 0 bridgehead atoms. The average molecular weight is 429 g/mol. The molecule has 3 heterocycles. The van der Waals surface area contributed by atoms with Gasteiger partial charge in [-0.25, -0.2) is 9.97 Å². The fourth-order valence-corrected chi connectivity index (χ4v) is 5.31. The molecule has 0 fully saturated rings. The number of fused-ring (bicyclic) bond motifs is 3. The molecular formula is C21H24N4O2S2. The van der Waals surface area contributed by atoms with Crippen LogP contribution in [0.5, 0.6) is 0 Å². The maximum absolute atomic E-state index is 12.5. The van der Waals surface area contributed by atoms with E-state index in [-0.39, 0.29) is 17.3 Å². The summed E-state index contributed by atoms with van der Waals surface area (Å²) in [6, 6.07) is 9.40. The van der Waals surface area contributed by atoms with Crippen LogP contribution in [0, 0.1) is 5.92 Å². The van der Waals surface area contributed by atoms with E-state index < -0.39 is 0 Å². The number of para-hydroxylation sites is 1. The van der Waals surface area contributed by atoms with E-state index in [0.29, 0.717) is 23.5 Å². The first-order chi connectivity index (χ1) is 13.9. The molecule has 1 aromatic carbocycles. The number of rotatable bonds is 5. The smallest absolute Gasteiger partial charge is 0.237 e. The Balaban J connectivity index is 1.54. The first kappa shape index (κ1) is 20.1. The predicted octanol–water partition coefficient (Wildman–Crippen LogP) is 4.49. The number of hydrogen-bond donors (Lipinski definition) is 2. The molecule has 1 aliphatic rings.